The number of hydrogen-bond donors (Lipinski definition) is 0. The third-order valence-electron chi connectivity index (χ3n) is 7.93. The first-order valence-electron chi connectivity index (χ1n) is 13.7. The predicted molar refractivity (Wildman–Crippen MR) is 147 cm³/mol. The number of hydrogen-bond acceptors (Lipinski definition) is 6. The molecule has 2 aliphatic rings. The minimum atomic E-state index is -1.22. The lowest BCUT2D eigenvalue weighted by Crippen LogP contribution is -2.51. The van der Waals surface area contributed by atoms with E-state index in [2.05, 4.69) is 11.0 Å². The van der Waals surface area contributed by atoms with Gasteiger partial charge in [-0.15, -0.1) is 0 Å². The number of piperidine rings is 1. The number of esters is 1. The van der Waals surface area contributed by atoms with Crippen molar-refractivity contribution in [1.29, 1.82) is 5.26 Å². The molecule has 2 saturated heterocycles. The molecule has 214 valence electrons. The molecule has 1 atom stereocenters. The number of carbonyl (C=O) groups is 2. The number of methoxy groups -OCH3 is 1. The Labute approximate surface area is 234 Å². The topological polar surface area (TPSA) is 82.9 Å². The van der Waals surface area contributed by atoms with Crippen molar-refractivity contribution >= 4 is 11.9 Å². The second kappa shape index (κ2) is 11.9. The molecule has 1 amide bonds. The minimum absolute atomic E-state index is 0.187. The van der Waals surface area contributed by atoms with E-state index in [-0.39, 0.29) is 16.7 Å². The van der Waals surface area contributed by atoms with Gasteiger partial charge in [-0.1, -0.05) is 12.1 Å². The van der Waals surface area contributed by atoms with Gasteiger partial charge in [-0.2, -0.15) is 5.26 Å². The molecule has 2 fully saturated rings. The molecule has 0 saturated carbocycles. The van der Waals surface area contributed by atoms with E-state index in [0.717, 1.165) is 25.9 Å². The first-order valence-corrected chi connectivity index (χ1v) is 13.7. The third kappa shape index (κ3) is 6.28. The maximum absolute atomic E-state index is 15.2. The molecular weight excluding hydrogens is 516 g/mol. The first-order chi connectivity index (χ1) is 19.0. The maximum Gasteiger partial charge on any atom is 0.331 e. The molecular formula is C31H37F2N3O4. The highest BCUT2D eigenvalue weighted by Gasteiger charge is 2.47. The van der Waals surface area contributed by atoms with Crippen molar-refractivity contribution in [3.8, 4) is 22.9 Å². The number of nitrogens with zero attached hydrogens (tertiary/aromatic N) is 3. The molecule has 0 aliphatic carbocycles. The quantitative estimate of drug-likeness (QED) is 0.409. The molecule has 0 bridgehead atoms. The van der Waals surface area contributed by atoms with Crippen molar-refractivity contribution in [2.24, 2.45) is 5.92 Å². The molecule has 2 aromatic carbocycles. The van der Waals surface area contributed by atoms with Crippen LogP contribution in [0.2, 0.25) is 0 Å². The Morgan fingerprint density at radius 1 is 1.15 bits per heavy atom. The fourth-order valence-corrected chi connectivity index (χ4v) is 5.82. The van der Waals surface area contributed by atoms with Gasteiger partial charge >= 0.3 is 5.97 Å². The number of ether oxygens (including phenoxy) is 2. The van der Waals surface area contributed by atoms with Crippen LogP contribution in [-0.4, -0.2) is 72.8 Å². The first kappa shape index (κ1) is 29.5. The minimum Gasteiger partial charge on any atom is -0.493 e. The van der Waals surface area contributed by atoms with E-state index < -0.39 is 28.9 Å². The fourth-order valence-electron chi connectivity index (χ4n) is 5.82. The average molecular weight is 554 g/mol. The van der Waals surface area contributed by atoms with E-state index in [0.29, 0.717) is 49.8 Å². The summed E-state index contributed by atoms with van der Waals surface area (Å²) in [4.78, 5) is 29.7. The highest BCUT2D eigenvalue weighted by molar-refractivity contribution is 6.04. The van der Waals surface area contributed by atoms with Crippen LogP contribution < -0.4 is 4.74 Å². The summed E-state index contributed by atoms with van der Waals surface area (Å²) < 4.78 is 40.2. The second-order valence-corrected chi connectivity index (χ2v) is 11.6. The van der Waals surface area contributed by atoms with Crippen molar-refractivity contribution in [3.63, 3.8) is 0 Å². The summed E-state index contributed by atoms with van der Waals surface area (Å²) in [5.74, 6) is -1.07. The SMILES string of the molecule is COC(=O)C1(C)CCCN1C(=O)c1c(F)cccc1-c1ccc(OCC2CCN(CC(C)(C)F)CC2)cc1C#N. The molecule has 0 spiro atoms. The summed E-state index contributed by atoms with van der Waals surface area (Å²) >= 11 is 0. The van der Waals surface area contributed by atoms with Gasteiger partial charge in [-0.05, 0) is 95.3 Å². The van der Waals surface area contributed by atoms with Crippen molar-refractivity contribution < 1.29 is 27.8 Å². The van der Waals surface area contributed by atoms with Crippen LogP contribution in [0.4, 0.5) is 8.78 Å². The Kier molecular flexibility index (Phi) is 8.79. The highest BCUT2D eigenvalue weighted by Crippen LogP contribution is 2.36. The fraction of sp³-hybridized carbons (Fsp3) is 0.516. The highest BCUT2D eigenvalue weighted by atomic mass is 19.1. The lowest BCUT2D eigenvalue weighted by Gasteiger charge is -2.34. The van der Waals surface area contributed by atoms with E-state index in [9.17, 15) is 19.2 Å². The molecule has 0 N–H and O–H groups in total. The Balaban J connectivity index is 1.52. The monoisotopic (exact) mass is 553 g/mol. The number of benzene rings is 2. The van der Waals surface area contributed by atoms with Crippen LogP contribution in [0.15, 0.2) is 36.4 Å². The maximum atomic E-state index is 15.2. The van der Waals surface area contributed by atoms with Crippen molar-refractivity contribution in [1.82, 2.24) is 9.80 Å². The predicted octanol–water partition coefficient (Wildman–Crippen LogP) is 5.37. The van der Waals surface area contributed by atoms with Gasteiger partial charge < -0.3 is 19.3 Å². The second-order valence-electron chi connectivity index (χ2n) is 11.6. The molecule has 40 heavy (non-hydrogen) atoms. The summed E-state index contributed by atoms with van der Waals surface area (Å²) in [6.45, 7) is 7.61. The molecule has 4 rings (SSSR count). The van der Waals surface area contributed by atoms with Crippen LogP contribution in [-0.2, 0) is 9.53 Å². The Hall–Kier alpha value is -3.51. The van der Waals surface area contributed by atoms with Gasteiger partial charge in [0.15, 0.2) is 0 Å². The number of carbonyl (C=O) groups excluding carboxylic acids is 2. The average Bonchev–Trinajstić information content (AvgIpc) is 3.33. The van der Waals surface area contributed by atoms with E-state index in [1.807, 2.05) is 0 Å². The lowest BCUT2D eigenvalue weighted by molar-refractivity contribution is -0.151. The van der Waals surface area contributed by atoms with Gasteiger partial charge in [0.1, 0.15) is 22.8 Å². The van der Waals surface area contributed by atoms with E-state index >= 15 is 4.39 Å². The van der Waals surface area contributed by atoms with Gasteiger partial charge in [0, 0.05) is 18.7 Å². The number of nitriles is 1. The molecule has 9 heteroatoms. The zero-order valence-electron chi connectivity index (χ0n) is 23.6. The summed E-state index contributed by atoms with van der Waals surface area (Å²) in [5, 5.41) is 9.95. The summed E-state index contributed by atoms with van der Waals surface area (Å²) in [5.41, 5.74) is -1.68. The normalized spacial score (nSPS) is 20.3. The van der Waals surface area contributed by atoms with Gasteiger partial charge in [-0.3, -0.25) is 4.79 Å². The van der Waals surface area contributed by atoms with Gasteiger partial charge in [0.2, 0.25) is 0 Å². The number of halogens is 2. The molecule has 7 nitrogen and oxygen atoms in total. The van der Waals surface area contributed by atoms with Crippen LogP contribution in [0.1, 0.15) is 62.4 Å². The van der Waals surface area contributed by atoms with Crippen LogP contribution in [0.3, 0.4) is 0 Å². The molecule has 0 radical (unpaired) electrons. The standard InChI is InChI=1S/C31H37F2N3O4/c1-30(2,33)20-35-15-11-21(12-16-35)19-40-23-9-10-24(22(17-23)18-34)25-7-5-8-26(32)27(25)28(37)36-14-6-13-31(36,3)29(38)39-4/h5,7-10,17,21H,6,11-16,19-20H2,1-4H3. The van der Waals surface area contributed by atoms with Gasteiger partial charge in [-0.25, -0.2) is 13.6 Å². The Morgan fingerprint density at radius 2 is 1.88 bits per heavy atom. The van der Waals surface area contributed by atoms with Crippen molar-refractivity contribution in [3.05, 3.63) is 53.3 Å². The molecule has 2 heterocycles. The van der Waals surface area contributed by atoms with Crippen LogP contribution >= 0.6 is 0 Å². The Morgan fingerprint density at radius 3 is 2.52 bits per heavy atom. The number of alkyl halides is 1. The number of amides is 1. The van der Waals surface area contributed by atoms with E-state index in [1.54, 1.807) is 45.0 Å². The molecule has 0 aromatic heterocycles. The number of rotatable bonds is 8. The summed E-state index contributed by atoms with van der Waals surface area (Å²) in [6.07, 6.45) is 2.80. The largest absolute Gasteiger partial charge is 0.493 e. The van der Waals surface area contributed by atoms with Gasteiger partial charge in [0.25, 0.3) is 5.91 Å². The summed E-state index contributed by atoms with van der Waals surface area (Å²) in [7, 11) is 1.27. The van der Waals surface area contributed by atoms with Crippen LogP contribution in [0.5, 0.6) is 5.75 Å². The summed E-state index contributed by atoms with van der Waals surface area (Å²) in [6, 6.07) is 11.4. The number of likely N-dealkylation sites (tertiary alicyclic amines) is 2. The lowest BCUT2D eigenvalue weighted by atomic mass is 9.93. The smallest absolute Gasteiger partial charge is 0.331 e. The Bertz CT molecular complexity index is 1290. The van der Waals surface area contributed by atoms with Crippen molar-refractivity contribution in [2.45, 2.75) is 57.7 Å². The van der Waals surface area contributed by atoms with Crippen molar-refractivity contribution in [2.75, 3.05) is 39.9 Å². The van der Waals surface area contributed by atoms with E-state index in [1.165, 1.54) is 24.1 Å². The molecule has 2 aliphatic heterocycles. The van der Waals surface area contributed by atoms with Crippen LogP contribution in [0.25, 0.3) is 11.1 Å². The zero-order valence-corrected chi connectivity index (χ0v) is 23.6. The molecule has 2 aromatic rings. The molecule has 1 unspecified atom stereocenters. The zero-order chi connectivity index (χ0) is 29.1. The van der Waals surface area contributed by atoms with Gasteiger partial charge in [0.05, 0.1) is 30.9 Å². The van der Waals surface area contributed by atoms with Crippen LogP contribution in [0, 0.1) is 23.1 Å². The third-order valence-corrected chi connectivity index (χ3v) is 7.93. The van der Waals surface area contributed by atoms with E-state index in [4.69, 9.17) is 9.47 Å².